The van der Waals surface area contributed by atoms with E-state index in [4.69, 9.17) is 19.5 Å². The molecule has 0 radical (unpaired) electrons. The summed E-state index contributed by atoms with van der Waals surface area (Å²) in [7, 11) is 0. The van der Waals surface area contributed by atoms with Crippen molar-refractivity contribution in [1.29, 1.82) is 0 Å². The topological polar surface area (TPSA) is 61.1 Å². The van der Waals surface area contributed by atoms with E-state index in [2.05, 4.69) is 48.7 Å². The van der Waals surface area contributed by atoms with E-state index in [0.29, 0.717) is 12.3 Å². The van der Waals surface area contributed by atoms with Crippen molar-refractivity contribution < 1.29 is 4.42 Å². The number of nitrogens with zero attached hydrogens (tertiary/aromatic N) is 5. The van der Waals surface area contributed by atoms with Gasteiger partial charge in [-0.25, -0.2) is 14.5 Å². The molecule has 0 saturated heterocycles. The number of rotatable bonds is 5. The molecule has 4 aromatic heterocycles. The highest BCUT2D eigenvalue weighted by atomic mass is 16.3. The van der Waals surface area contributed by atoms with Gasteiger partial charge < -0.3 is 8.98 Å². The van der Waals surface area contributed by atoms with Gasteiger partial charge in [-0.2, -0.15) is 5.10 Å². The predicted octanol–water partition coefficient (Wildman–Crippen LogP) is 6.18. The minimum absolute atomic E-state index is 0.573. The summed E-state index contributed by atoms with van der Waals surface area (Å²) in [5.74, 6) is 1.50. The van der Waals surface area contributed by atoms with Gasteiger partial charge in [0.15, 0.2) is 0 Å². The van der Waals surface area contributed by atoms with Gasteiger partial charge in [-0.1, -0.05) is 60.7 Å². The summed E-state index contributed by atoms with van der Waals surface area (Å²) in [4.78, 5) is 9.82. The highest BCUT2D eigenvalue weighted by Crippen LogP contribution is 2.31. The Morgan fingerprint density at radius 1 is 0.794 bits per heavy atom. The quantitative estimate of drug-likeness (QED) is 0.318. The van der Waals surface area contributed by atoms with Crippen LogP contribution < -0.4 is 0 Å². The first-order chi connectivity index (χ1) is 16.7. The van der Waals surface area contributed by atoms with Crippen LogP contribution >= 0.6 is 0 Å². The molecule has 0 unspecified atom stereocenters. The molecule has 0 aliphatic rings. The van der Waals surface area contributed by atoms with Crippen LogP contribution in [0.2, 0.25) is 0 Å². The average Bonchev–Trinajstić information content (AvgIpc) is 3.60. The molecule has 0 saturated carbocycles. The molecule has 6 nitrogen and oxygen atoms in total. The molecule has 34 heavy (non-hydrogen) atoms. The van der Waals surface area contributed by atoms with Gasteiger partial charge in [0.1, 0.15) is 17.1 Å². The lowest BCUT2D eigenvalue weighted by atomic mass is 10.0. The second-order valence-corrected chi connectivity index (χ2v) is 8.36. The van der Waals surface area contributed by atoms with Crippen LogP contribution in [0.5, 0.6) is 0 Å². The van der Waals surface area contributed by atoms with Crippen LogP contribution in [-0.2, 0) is 6.54 Å². The number of aromatic nitrogens is 5. The monoisotopic (exact) mass is 445 g/mol. The smallest absolute Gasteiger partial charge is 0.251 e. The lowest BCUT2D eigenvalue weighted by Gasteiger charge is -2.08. The zero-order chi connectivity index (χ0) is 23.1. The summed E-state index contributed by atoms with van der Waals surface area (Å²) in [6.45, 7) is 4.90. The summed E-state index contributed by atoms with van der Waals surface area (Å²) < 4.78 is 9.58. The first-order valence-electron chi connectivity index (χ1n) is 11.2. The van der Waals surface area contributed by atoms with Gasteiger partial charge in [-0.05, 0) is 32.0 Å². The molecule has 0 aliphatic carbocycles. The molecule has 4 heterocycles. The lowest BCUT2D eigenvalue weighted by molar-refractivity contribution is 0.489. The normalized spacial score (nSPS) is 11.4. The Labute approximate surface area is 197 Å². The van der Waals surface area contributed by atoms with E-state index < -0.39 is 0 Å². The second-order valence-electron chi connectivity index (χ2n) is 8.36. The van der Waals surface area contributed by atoms with Crippen molar-refractivity contribution in [3.8, 4) is 33.8 Å². The molecule has 2 aromatic carbocycles. The molecule has 6 aromatic rings. The highest BCUT2D eigenvalue weighted by molar-refractivity contribution is 5.78. The van der Waals surface area contributed by atoms with Crippen molar-refractivity contribution in [3.05, 3.63) is 108 Å². The van der Waals surface area contributed by atoms with Crippen LogP contribution in [0.4, 0.5) is 0 Å². The van der Waals surface area contributed by atoms with E-state index in [0.717, 1.165) is 50.9 Å². The Kier molecular flexibility index (Phi) is 4.84. The average molecular weight is 446 g/mol. The Morgan fingerprint density at radius 3 is 2.18 bits per heavy atom. The maximum atomic E-state index is 5.56. The van der Waals surface area contributed by atoms with Gasteiger partial charge >= 0.3 is 0 Å². The van der Waals surface area contributed by atoms with Gasteiger partial charge in [-0.3, -0.25) is 0 Å². The maximum Gasteiger partial charge on any atom is 0.251 e. The number of furan rings is 1. The van der Waals surface area contributed by atoms with Crippen molar-refractivity contribution in [3.63, 3.8) is 0 Å². The molecule has 0 amide bonds. The Hall–Kier alpha value is -4.45. The maximum absolute atomic E-state index is 5.56. The van der Waals surface area contributed by atoms with Crippen molar-refractivity contribution in [2.75, 3.05) is 0 Å². The number of hydrogen-bond acceptors (Lipinski definition) is 4. The third-order valence-electron chi connectivity index (χ3n) is 6.15. The zero-order valence-corrected chi connectivity index (χ0v) is 19.0. The third kappa shape index (κ3) is 3.49. The molecular formula is C28H23N5O. The van der Waals surface area contributed by atoms with Gasteiger partial charge in [0.05, 0.1) is 24.7 Å². The fraction of sp³-hybridized carbons (Fsp3) is 0.107. The summed E-state index contributed by atoms with van der Waals surface area (Å²) in [5.41, 5.74) is 7.87. The fourth-order valence-corrected chi connectivity index (χ4v) is 4.40. The van der Waals surface area contributed by atoms with Crippen LogP contribution in [0, 0.1) is 13.8 Å². The molecule has 6 rings (SSSR count). The van der Waals surface area contributed by atoms with Crippen molar-refractivity contribution in [2.24, 2.45) is 0 Å². The van der Waals surface area contributed by atoms with Crippen molar-refractivity contribution >= 4 is 5.78 Å². The number of fused-ring (bicyclic) bond motifs is 1. The van der Waals surface area contributed by atoms with E-state index in [1.54, 1.807) is 10.8 Å². The molecule has 0 atom stereocenters. The van der Waals surface area contributed by atoms with Crippen molar-refractivity contribution in [2.45, 2.75) is 20.4 Å². The SMILES string of the molecule is Cc1cc(-c2cn3nc(-c4ccccc4)c(-c4ccccc4)nc3n2)c(C)n1Cc1ccco1. The summed E-state index contributed by atoms with van der Waals surface area (Å²) >= 11 is 0. The van der Waals surface area contributed by atoms with Crippen LogP contribution in [0.3, 0.4) is 0 Å². The molecule has 0 spiro atoms. The van der Waals surface area contributed by atoms with Gasteiger partial charge in [0.25, 0.3) is 5.78 Å². The first-order valence-corrected chi connectivity index (χ1v) is 11.2. The van der Waals surface area contributed by atoms with Crippen LogP contribution in [0.15, 0.2) is 95.7 Å². The van der Waals surface area contributed by atoms with E-state index in [9.17, 15) is 0 Å². The van der Waals surface area contributed by atoms with Crippen LogP contribution in [-0.4, -0.2) is 24.1 Å². The molecule has 6 heteroatoms. The Balaban J connectivity index is 1.49. The van der Waals surface area contributed by atoms with E-state index >= 15 is 0 Å². The summed E-state index contributed by atoms with van der Waals surface area (Å²) in [5, 5.41) is 4.96. The predicted molar refractivity (Wildman–Crippen MR) is 132 cm³/mol. The van der Waals surface area contributed by atoms with Crippen LogP contribution in [0.25, 0.3) is 39.5 Å². The zero-order valence-electron chi connectivity index (χ0n) is 19.0. The van der Waals surface area contributed by atoms with Gasteiger partial charge in [0.2, 0.25) is 0 Å². The van der Waals surface area contributed by atoms with Gasteiger partial charge in [0, 0.05) is 28.1 Å². The molecule has 166 valence electrons. The fourth-order valence-electron chi connectivity index (χ4n) is 4.40. The van der Waals surface area contributed by atoms with Crippen molar-refractivity contribution in [1.82, 2.24) is 24.1 Å². The molecule has 0 aliphatic heterocycles. The molecule has 0 fully saturated rings. The van der Waals surface area contributed by atoms with Gasteiger partial charge in [-0.15, -0.1) is 0 Å². The molecule has 0 bridgehead atoms. The molecule has 0 N–H and O–H groups in total. The minimum atomic E-state index is 0.573. The largest absolute Gasteiger partial charge is 0.467 e. The van der Waals surface area contributed by atoms with E-state index in [1.807, 2.05) is 54.7 Å². The lowest BCUT2D eigenvalue weighted by Crippen LogP contribution is -2.02. The van der Waals surface area contributed by atoms with Crippen LogP contribution in [0.1, 0.15) is 17.1 Å². The third-order valence-corrected chi connectivity index (χ3v) is 6.15. The number of hydrogen-bond donors (Lipinski definition) is 0. The first kappa shape index (κ1) is 20.2. The number of imidazole rings is 1. The minimum Gasteiger partial charge on any atom is -0.467 e. The Morgan fingerprint density at radius 2 is 1.50 bits per heavy atom. The molecular weight excluding hydrogens is 422 g/mol. The number of benzene rings is 2. The number of aryl methyl sites for hydroxylation is 1. The Bertz CT molecular complexity index is 1500. The summed E-state index contributed by atoms with van der Waals surface area (Å²) in [6.07, 6.45) is 3.67. The standard InChI is InChI=1S/C28H23N5O/c1-19-16-24(20(2)32(19)17-23-14-9-15-34-23)25-18-33-28(29-25)30-26(21-10-5-3-6-11-21)27(31-33)22-12-7-4-8-13-22/h3-16,18H,17H2,1-2H3. The summed E-state index contributed by atoms with van der Waals surface area (Å²) in [6, 6.07) is 26.4. The van der Waals surface area contributed by atoms with E-state index in [-0.39, 0.29) is 0 Å². The second kappa shape index (κ2) is 8.15. The highest BCUT2D eigenvalue weighted by Gasteiger charge is 2.18. The van der Waals surface area contributed by atoms with E-state index in [1.165, 1.54) is 0 Å².